The minimum absolute atomic E-state index is 0.162. The highest BCUT2D eigenvalue weighted by Crippen LogP contribution is 2.10. The number of nitrogens with one attached hydrogen (secondary N) is 1. The fourth-order valence-corrected chi connectivity index (χ4v) is 2.38. The van der Waals surface area contributed by atoms with Crippen LogP contribution in [0, 0.1) is 0 Å². The van der Waals surface area contributed by atoms with E-state index in [1.165, 1.54) is 11.3 Å². The maximum absolute atomic E-state index is 11.9. The molecule has 2 heterocycles. The second kappa shape index (κ2) is 5.38. The van der Waals surface area contributed by atoms with Gasteiger partial charge in [0.05, 0.1) is 12.1 Å². The molecule has 1 fully saturated rings. The van der Waals surface area contributed by atoms with Gasteiger partial charge in [0.2, 0.25) is 5.91 Å². The molecule has 0 unspecified atom stereocenters. The van der Waals surface area contributed by atoms with Gasteiger partial charge in [-0.3, -0.25) is 4.79 Å². The molecule has 0 saturated carbocycles. The predicted molar refractivity (Wildman–Crippen MR) is 63.2 cm³/mol. The van der Waals surface area contributed by atoms with Gasteiger partial charge in [-0.1, -0.05) is 0 Å². The molecule has 1 amide bonds. The Bertz CT molecular complexity index is 359. The zero-order chi connectivity index (χ0) is 11.4. The molecular weight excluding hydrogens is 224 g/mol. The van der Waals surface area contributed by atoms with Crippen LogP contribution in [0.5, 0.6) is 0 Å². The molecule has 2 rings (SSSR count). The van der Waals surface area contributed by atoms with Gasteiger partial charge in [0.1, 0.15) is 5.01 Å². The number of hydrogen-bond donors (Lipinski definition) is 2. The van der Waals surface area contributed by atoms with Gasteiger partial charge in [0.25, 0.3) is 0 Å². The summed E-state index contributed by atoms with van der Waals surface area (Å²) in [6.45, 7) is 3.82. The fraction of sp³-hybridized carbons (Fsp3) is 0.600. The van der Waals surface area contributed by atoms with E-state index < -0.39 is 0 Å². The Balaban J connectivity index is 1.90. The highest BCUT2D eigenvalue weighted by atomic mass is 32.1. The minimum Gasteiger partial charge on any atom is -0.340 e. The summed E-state index contributed by atoms with van der Waals surface area (Å²) >= 11 is 1.52. The van der Waals surface area contributed by atoms with Crippen molar-refractivity contribution in [2.45, 2.75) is 13.0 Å². The van der Waals surface area contributed by atoms with Crippen LogP contribution in [0.15, 0.2) is 5.38 Å². The lowest BCUT2D eigenvalue weighted by atomic mass is 10.2. The third-order valence-corrected chi connectivity index (χ3v) is 3.50. The standard InChI is InChI=1S/C10H16N4OS/c11-6-9-13-8(7-16-9)5-10(15)14-3-1-12-2-4-14/h7,12H,1-6,11H2. The lowest BCUT2D eigenvalue weighted by Gasteiger charge is -2.27. The van der Waals surface area contributed by atoms with Crippen LogP contribution < -0.4 is 11.1 Å². The molecule has 3 N–H and O–H groups in total. The second-order valence-corrected chi connectivity index (χ2v) is 4.69. The number of amides is 1. The molecule has 16 heavy (non-hydrogen) atoms. The van der Waals surface area contributed by atoms with Crippen LogP contribution in [-0.4, -0.2) is 42.0 Å². The highest BCUT2D eigenvalue weighted by molar-refractivity contribution is 7.09. The monoisotopic (exact) mass is 240 g/mol. The first-order chi connectivity index (χ1) is 7.79. The number of aromatic nitrogens is 1. The summed E-state index contributed by atoms with van der Waals surface area (Å²) in [7, 11) is 0. The van der Waals surface area contributed by atoms with Gasteiger partial charge in [-0.2, -0.15) is 0 Å². The molecule has 1 saturated heterocycles. The van der Waals surface area contributed by atoms with Gasteiger partial charge in [0, 0.05) is 38.1 Å². The summed E-state index contributed by atoms with van der Waals surface area (Å²) in [4.78, 5) is 18.1. The molecule has 1 aliphatic heterocycles. The first kappa shape index (κ1) is 11.5. The van der Waals surface area contributed by atoms with Gasteiger partial charge < -0.3 is 16.0 Å². The smallest absolute Gasteiger partial charge is 0.228 e. The summed E-state index contributed by atoms with van der Waals surface area (Å²) in [5.74, 6) is 0.162. The quantitative estimate of drug-likeness (QED) is 0.752. The van der Waals surface area contributed by atoms with Gasteiger partial charge in [-0.15, -0.1) is 11.3 Å². The Morgan fingerprint density at radius 2 is 2.31 bits per heavy atom. The molecule has 6 heteroatoms. The van der Waals surface area contributed by atoms with Crippen LogP contribution in [0.3, 0.4) is 0 Å². The minimum atomic E-state index is 0.162. The number of hydrogen-bond acceptors (Lipinski definition) is 5. The van der Waals surface area contributed by atoms with E-state index in [0.717, 1.165) is 36.9 Å². The summed E-state index contributed by atoms with van der Waals surface area (Å²) in [6, 6.07) is 0. The van der Waals surface area contributed by atoms with Gasteiger partial charge in [-0.05, 0) is 0 Å². The van der Waals surface area contributed by atoms with Crippen molar-refractivity contribution in [3.8, 4) is 0 Å². The summed E-state index contributed by atoms with van der Waals surface area (Å²) < 4.78 is 0. The number of carbonyl (C=O) groups is 1. The van der Waals surface area contributed by atoms with Crippen molar-refractivity contribution >= 4 is 17.2 Å². The third-order valence-electron chi connectivity index (χ3n) is 2.58. The molecular formula is C10H16N4OS. The van der Waals surface area contributed by atoms with E-state index in [-0.39, 0.29) is 5.91 Å². The number of thiazole rings is 1. The Hall–Kier alpha value is -0.980. The van der Waals surface area contributed by atoms with Crippen LogP contribution in [0.1, 0.15) is 10.7 Å². The Kier molecular flexibility index (Phi) is 3.87. The maximum Gasteiger partial charge on any atom is 0.228 e. The zero-order valence-electron chi connectivity index (χ0n) is 9.11. The Morgan fingerprint density at radius 1 is 1.56 bits per heavy atom. The molecule has 0 spiro atoms. The second-order valence-electron chi connectivity index (χ2n) is 3.74. The zero-order valence-corrected chi connectivity index (χ0v) is 9.92. The number of rotatable bonds is 3. The van der Waals surface area contributed by atoms with Crippen molar-refractivity contribution in [1.29, 1.82) is 0 Å². The SMILES string of the molecule is NCc1nc(CC(=O)N2CCNCC2)cs1. The average molecular weight is 240 g/mol. The van der Waals surface area contributed by atoms with Crippen molar-refractivity contribution < 1.29 is 4.79 Å². The van der Waals surface area contributed by atoms with Crippen LogP contribution in [0.4, 0.5) is 0 Å². The number of nitrogens with zero attached hydrogens (tertiary/aromatic N) is 2. The van der Waals surface area contributed by atoms with E-state index in [2.05, 4.69) is 10.3 Å². The summed E-state index contributed by atoms with van der Waals surface area (Å²) in [5.41, 5.74) is 6.32. The van der Waals surface area contributed by atoms with Crippen molar-refractivity contribution in [3.05, 3.63) is 16.1 Å². The lowest BCUT2D eigenvalue weighted by Crippen LogP contribution is -2.46. The largest absolute Gasteiger partial charge is 0.340 e. The summed E-state index contributed by atoms with van der Waals surface area (Å²) in [6.07, 6.45) is 0.399. The molecule has 1 aromatic heterocycles. The Labute approximate surface area is 98.7 Å². The van der Waals surface area contributed by atoms with Crippen LogP contribution in [0.2, 0.25) is 0 Å². The van der Waals surface area contributed by atoms with E-state index in [4.69, 9.17) is 5.73 Å². The maximum atomic E-state index is 11.9. The van der Waals surface area contributed by atoms with Gasteiger partial charge in [-0.25, -0.2) is 4.98 Å². The molecule has 0 aliphatic carbocycles. The highest BCUT2D eigenvalue weighted by Gasteiger charge is 2.17. The molecule has 1 aliphatic rings. The lowest BCUT2D eigenvalue weighted by molar-refractivity contribution is -0.131. The van der Waals surface area contributed by atoms with Crippen LogP contribution >= 0.6 is 11.3 Å². The van der Waals surface area contributed by atoms with E-state index in [0.29, 0.717) is 13.0 Å². The van der Waals surface area contributed by atoms with Crippen LogP contribution in [-0.2, 0) is 17.8 Å². The molecule has 0 bridgehead atoms. The van der Waals surface area contributed by atoms with E-state index >= 15 is 0 Å². The van der Waals surface area contributed by atoms with Crippen molar-refractivity contribution in [2.75, 3.05) is 26.2 Å². The predicted octanol–water partition coefficient (Wildman–Crippen LogP) is -0.424. The summed E-state index contributed by atoms with van der Waals surface area (Å²) in [5, 5.41) is 6.03. The molecule has 88 valence electrons. The molecule has 0 atom stereocenters. The van der Waals surface area contributed by atoms with Gasteiger partial charge in [0.15, 0.2) is 0 Å². The first-order valence-electron chi connectivity index (χ1n) is 5.41. The first-order valence-corrected chi connectivity index (χ1v) is 6.29. The van der Waals surface area contributed by atoms with Gasteiger partial charge >= 0.3 is 0 Å². The van der Waals surface area contributed by atoms with Crippen LogP contribution in [0.25, 0.3) is 0 Å². The van der Waals surface area contributed by atoms with Crippen molar-refractivity contribution in [2.24, 2.45) is 5.73 Å². The number of piperazine rings is 1. The molecule has 1 aromatic rings. The normalized spacial score (nSPS) is 16.4. The number of carbonyl (C=O) groups excluding carboxylic acids is 1. The molecule has 5 nitrogen and oxygen atoms in total. The fourth-order valence-electron chi connectivity index (χ4n) is 1.70. The Morgan fingerprint density at radius 3 is 2.94 bits per heavy atom. The molecule has 0 aromatic carbocycles. The van der Waals surface area contributed by atoms with E-state index in [1.807, 2.05) is 10.3 Å². The topological polar surface area (TPSA) is 71.2 Å². The van der Waals surface area contributed by atoms with Crippen molar-refractivity contribution in [1.82, 2.24) is 15.2 Å². The van der Waals surface area contributed by atoms with E-state index in [1.54, 1.807) is 0 Å². The van der Waals surface area contributed by atoms with E-state index in [9.17, 15) is 4.79 Å². The number of nitrogens with two attached hydrogens (primary N) is 1. The van der Waals surface area contributed by atoms with Crippen molar-refractivity contribution in [3.63, 3.8) is 0 Å². The third kappa shape index (κ3) is 2.78. The molecule has 0 radical (unpaired) electrons. The average Bonchev–Trinajstić information content (AvgIpc) is 2.78.